The molecule has 0 saturated heterocycles. The van der Waals surface area contributed by atoms with E-state index >= 15 is 0 Å². The first-order valence-electron chi connectivity index (χ1n) is 7.64. The number of esters is 1. The highest BCUT2D eigenvalue weighted by molar-refractivity contribution is 5.76. The molecule has 0 spiro atoms. The standard InChI is InChI=1S/C19H19F3O3/c1-19(2,3)13-9-12(24-4)5-6-17(13)25-18(23)8-11-7-15(21)16(22)10-14(11)20/h5-7,9-10H,8H2,1-4H3. The van der Waals surface area contributed by atoms with Crippen LogP contribution in [-0.2, 0) is 16.6 Å². The zero-order valence-corrected chi connectivity index (χ0v) is 14.5. The predicted octanol–water partition coefficient (Wildman–Crippen LogP) is 4.56. The van der Waals surface area contributed by atoms with Crippen molar-refractivity contribution in [2.45, 2.75) is 32.6 Å². The third-order valence-electron chi connectivity index (χ3n) is 3.64. The highest BCUT2D eigenvalue weighted by Crippen LogP contribution is 2.34. The third-order valence-corrected chi connectivity index (χ3v) is 3.64. The Kier molecular flexibility index (Phi) is 5.40. The Morgan fingerprint density at radius 2 is 1.64 bits per heavy atom. The Labute approximate surface area is 144 Å². The second kappa shape index (κ2) is 7.17. The number of halogens is 3. The number of benzene rings is 2. The summed E-state index contributed by atoms with van der Waals surface area (Å²) in [6, 6.07) is 6.03. The molecule has 25 heavy (non-hydrogen) atoms. The van der Waals surface area contributed by atoms with Crippen molar-refractivity contribution < 1.29 is 27.4 Å². The molecule has 2 rings (SSSR count). The average Bonchev–Trinajstić information content (AvgIpc) is 2.52. The zero-order valence-electron chi connectivity index (χ0n) is 14.5. The lowest BCUT2D eigenvalue weighted by Gasteiger charge is -2.23. The van der Waals surface area contributed by atoms with Crippen LogP contribution in [0, 0.1) is 17.5 Å². The molecule has 2 aromatic rings. The smallest absolute Gasteiger partial charge is 0.315 e. The van der Waals surface area contributed by atoms with Gasteiger partial charge in [0.05, 0.1) is 13.5 Å². The molecule has 6 heteroatoms. The van der Waals surface area contributed by atoms with E-state index in [1.54, 1.807) is 18.2 Å². The maximum Gasteiger partial charge on any atom is 0.315 e. The fourth-order valence-electron chi connectivity index (χ4n) is 2.32. The van der Waals surface area contributed by atoms with Gasteiger partial charge in [-0.1, -0.05) is 20.8 Å². The van der Waals surface area contributed by atoms with Gasteiger partial charge < -0.3 is 9.47 Å². The molecule has 0 radical (unpaired) electrons. The molecule has 0 aliphatic heterocycles. The van der Waals surface area contributed by atoms with Crippen molar-refractivity contribution in [2.24, 2.45) is 0 Å². The van der Waals surface area contributed by atoms with E-state index in [1.807, 2.05) is 20.8 Å². The van der Waals surface area contributed by atoms with Gasteiger partial charge in [-0.05, 0) is 29.7 Å². The summed E-state index contributed by atoms with van der Waals surface area (Å²) in [5.41, 5.74) is 0.123. The van der Waals surface area contributed by atoms with Crippen LogP contribution >= 0.6 is 0 Å². The number of carbonyl (C=O) groups is 1. The summed E-state index contributed by atoms with van der Waals surface area (Å²) < 4.78 is 50.4. The van der Waals surface area contributed by atoms with Gasteiger partial charge in [0.15, 0.2) is 11.6 Å². The molecular weight excluding hydrogens is 333 g/mol. The molecule has 3 nitrogen and oxygen atoms in total. The van der Waals surface area contributed by atoms with E-state index in [0.717, 1.165) is 5.56 Å². The minimum Gasteiger partial charge on any atom is -0.497 e. The molecule has 0 aliphatic rings. The van der Waals surface area contributed by atoms with Crippen molar-refractivity contribution >= 4 is 5.97 Å². The Hall–Kier alpha value is -2.50. The fraction of sp³-hybridized carbons (Fsp3) is 0.316. The Balaban J connectivity index is 2.25. The second-order valence-electron chi connectivity index (χ2n) is 6.62. The van der Waals surface area contributed by atoms with Gasteiger partial charge in [0, 0.05) is 17.2 Å². The number of rotatable bonds is 4. The zero-order chi connectivity index (χ0) is 18.8. The summed E-state index contributed by atoms with van der Waals surface area (Å²) in [7, 11) is 1.53. The molecule has 0 heterocycles. The van der Waals surface area contributed by atoms with Gasteiger partial charge in [-0.25, -0.2) is 13.2 Å². The van der Waals surface area contributed by atoms with Crippen molar-refractivity contribution in [3.05, 3.63) is 58.9 Å². The summed E-state index contributed by atoms with van der Waals surface area (Å²) in [4.78, 5) is 12.1. The molecule has 0 unspecified atom stereocenters. The highest BCUT2D eigenvalue weighted by atomic mass is 19.2. The van der Waals surface area contributed by atoms with Gasteiger partial charge >= 0.3 is 5.97 Å². The average molecular weight is 352 g/mol. The molecule has 0 saturated carbocycles. The van der Waals surface area contributed by atoms with Gasteiger partial charge in [-0.15, -0.1) is 0 Å². The van der Waals surface area contributed by atoms with Crippen LogP contribution in [-0.4, -0.2) is 13.1 Å². The summed E-state index contributed by atoms with van der Waals surface area (Å²) >= 11 is 0. The van der Waals surface area contributed by atoms with Gasteiger partial charge in [0.25, 0.3) is 0 Å². The molecule has 2 aromatic carbocycles. The number of ether oxygens (including phenoxy) is 2. The van der Waals surface area contributed by atoms with Gasteiger partial charge in [0.2, 0.25) is 0 Å². The van der Waals surface area contributed by atoms with E-state index in [4.69, 9.17) is 9.47 Å². The molecule has 0 fully saturated rings. The monoisotopic (exact) mass is 352 g/mol. The van der Waals surface area contributed by atoms with E-state index in [0.29, 0.717) is 23.6 Å². The Morgan fingerprint density at radius 3 is 2.24 bits per heavy atom. The van der Waals surface area contributed by atoms with Gasteiger partial charge in [0.1, 0.15) is 17.3 Å². The Bertz CT molecular complexity index is 795. The maximum absolute atomic E-state index is 13.7. The van der Waals surface area contributed by atoms with Crippen LogP contribution in [0.15, 0.2) is 30.3 Å². The summed E-state index contributed by atoms with van der Waals surface area (Å²) in [5.74, 6) is -3.39. The summed E-state index contributed by atoms with van der Waals surface area (Å²) in [6.07, 6.45) is -0.515. The van der Waals surface area contributed by atoms with E-state index < -0.39 is 29.8 Å². The first-order valence-corrected chi connectivity index (χ1v) is 7.64. The largest absolute Gasteiger partial charge is 0.497 e. The van der Waals surface area contributed by atoms with Gasteiger partial charge in [-0.2, -0.15) is 0 Å². The van der Waals surface area contributed by atoms with Crippen LogP contribution in [0.3, 0.4) is 0 Å². The lowest BCUT2D eigenvalue weighted by Crippen LogP contribution is -2.18. The van der Waals surface area contributed by atoms with E-state index in [9.17, 15) is 18.0 Å². The molecule has 0 aliphatic carbocycles. The molecule has 0 bridgehead atoms. The van der Waals surface area contributed by atoms with Crippen molar-refractivity contribution in [2.75, 3.05) is 7.11 Å². The molecule has 134 valence electrons. The van der Waals surface area contributed by atoms with Crippen LogP contribution in [0.4, 0.5) is 13.2 Å². The normalized spacial score (nSPS) is 11.3. The Morgan fingerprint density at radius 1 is 1.00 bits per heavy atom. The molecule has 0 aromatic heterocycles. The number of hydrogen-bond acceptors (Lipinski definition) is 3. The van der Waals surface area contributed by atoms with Crippen LogP contribution < -0.4 is 9.47 Å². The lowest BCUT2D eigenvalue weighted by molar-refractivity contribution is -0.133. The minimum absolute atomic E-state index is 0.269. The van der Waals surface area contributed by atoms with Crippen LogP contribution in [0.1, 0.15) is 31.9 Å². The fourth-order valence-corrected chi connectivity index (χ4v) is 2.32. The van der Waals surface area contributed by atoms with Crippen LogP contribution in [0.2, 0.25) is 0 Å². The first-order chi connectivity index (χ1) is 11.6. The number of methoxy groups -OCH3 is 1. The number of carbonyl (C=O) groups excluding carboxylic acids is 1. The van der Waals surface area contributed by atoms with E-state index in [1.165, 1.54) is 7.11 Å². The summed E-state index contributed by atoms with van der Waals surface area (Å²) in [6.45, 7) is 5.82. The lowest BCUT2D eigenvalue weighted by atomic mass is 9.86. The third kappa shape index (κ3) is 4.53. The van der Waals surface area contributed by atoms with E-state index in [2.05, 4.69) is 0 Å². The highest BCUT2D eigenvalue weighted by Gasteiger charge is 2.22. The van der Waals surface area contributed by atoms with Crippen molar-refractivity contribution in [3.8, 4) is 11.5 Å². The van der Waals surface area contributed by atoms with E-state index in [-0.39, 0.29) is 11.0 Å². The van der Waals surface area contributed by atoms with Gasteiger partial charge in [-0.3, -0.25) is 4.79 Å². The maximum atomic E-state index is 13.7. The SMILES string of the molecule is COc1ccc(OC(=O)Cc2cc(F)c(F)cc2F)c(C(C)(C)C)c1. The van der Waals surface area contributed by atoms with Crippen LogP contribution in [0.25, 0.3) is 0 Å². The molecule has 0 N–H and O–H groups in total. The van der Waals surface area contributed by atoms with Crippen LogP contribution in [0.5, 0.6) is 11.5 Å². The van der Waals surface area contributed by atoms with Crippen molar-refractivity contribution in [1.29, 1.82) is 0 Å². The van der Waals surface area contributed by atoms with Crippen molar-refractivity contribution in [3.63, 3.8) is 0 Å². The number of hydrogen-bond donors (Lipinski definition) is 0. The quantitative estimate of drug-likeness (QED) is 0.460. The van der Waals surface area contributed by atoms with Crippen molar-refractivity contribution in [1.82, 2.24) is 0 Å². The topological polar surface area (TPSA) is 35.5 Å². The molecule has 0 atom stereocenters. The molecule has 0 amide bonds. The first kappa shape index (κ1) is 18.8. The molecular formula is C19H19F3O3. The predicted molar refractivity (Wildman–Crippen MR) is 87.3 cm³/mol. The minimum atomic E-state index is -1.31. The second-order valence-corrected chi connectivity index (χ2v) is 6.62. The summed E-state index contributed by atoms with van der Waals surface area (Å²) in [5, 5.41) is 0.